The molecule has 3 N–H and O–H groups in total. The van der Waals surface area contributed by atoms with E-state index in [-0.39, 0.29) is 30.3 Å². The Morgan fingerprint density at radius 3 is 2.22 bits per heavy atom. The third-order valence-electron chi connectivity index (χ3n) is 4.09. The Morgan fingerprint density at radius 2 is 1.61 bits per heavy atom. The van der Waals surface area contributed by atoms with E-state index in [0.29, 0.717) is 6.54 Å². The zero-order valence-electron chi connectivity index (χ0n) is 13.7. The minimum Gasteiger partial charge on any atom is -0.352 e. The molecule has 0 aliphatic carbocycles. The van der Waals surface area contributed by atoms with Gasteiger partial charge < -0.3 is 11.1 Å². The molecule has 23 heavy (non-hydrogen) atoms. The molecule has 0 radical (unpaired) electrons. The largest absolute Gasteiger partial charge is 0.352 e. The molecular formula is C19H25ClN2O. The molecule has 4 heteroatoms. The number of hydrogen-bond acceptors (Lipinski definition) is 2. The number of amides is 1. The molecule has 2 rings (SSSR count). The van der Waals surface area contributed by atoms with Crippen LogP contribution in [0, 0.1) is 5.92 Å². The fraction of sp³-hybridized carbons (Fsp3) is 0.316. The predicted octanol–water partition coefficient (Wildman–Crippen LogP) is 3.62. The van der Waals surface area contributed by atoms with Crippen LogP contribution in [0.5, 0.6) is 0 Å². The van der Waals surface area contributed by atoms with Crippen molar-refractivity contribution in [3.05, 3.63) is 71.3 Å². The molecule has 0 heterocycles. The molecule has 0 saturated carbocycles. The summed E-state index contributed by atoms with van der Waals surface area (Å²) in [6, 6.07) is 17.6. The maximum Gasteiger partial charge on any atom is 0.225 e. The first-order valence-corrected chi connectivity index (χ1v) is 7.78. The first-order valence-electron chi connectivity index (χ1n) is 7.78. The van der Waals surface area contributed by atoms with Crippen molar-refractivity contribution in [1.82, 2.24) is 5.32 Å². The summed E-state index contributed by atoms with van der Waals surface area (Å²) in [5.74, 6) is -0.279. The van der Waals surface area contributed by atoms with Crippen molar-refractivity contribution in [3.63, 3.8) is 0 Å². The van der Waals surface area contributed by atoms with E-state index >= 15 is 0 Å². The minimum absolute atomic E-state index is 0. The summed E-state index contributed by atoms with van der Waals surface area (Å²) in [6.45, 7) is 4.54. The molecule has 2 atom stereocenters. The van der Waals surface area contributed by atoms with E-state index in [0.717, 1.165) is 12.0 Å². The van der Waals surface area contributed by atoms with Crippen molar-refractivity contribution in [1.29, 1.82) is 0 Å². The molecule has 0 bridgehead atoms. The van der Waals surface area contributed by atoms with E-state index < -0.39 is 0 Å². The molecule has 124 valence electrons. The van der Waals surface area contributed by atoms with Gasteiger partial charge in [-0.1, -0.05) is 68.4 Å². The smallest absolute Gasteiger partial charge is 0.225 e. The summed E-state index contributed by atoms with van der Waals surface area (Å²) < 4.78 is 0. The quantitative estimate of drug-likeness (QED) is 0.848. The first-order chi connectivity index (χ1) is 10.6. The molecule has 3 nitrogen and oxygen atoms in total. The molecule has 0 aliphatic heterocycles. The molecule has 0 aromatic heterocycles. The van der Waals surface area contributed by atoms with Crippen LogP contribution >= 0.6 is 12.4 Å². The highest BCUT2D eigenvalue weighted by molar-refractivity contribution is 5.85. The molecule has 0 spiro atoms. The van der Waals surface area contributed by atoms with Crippen LogP contribution in [0.3, 0.4) is 0 Å². The fourth-order valence-corrected chi connectivity index (χ4v) is 2.55. The van der Waals surface area contributed by atoms with Gasteiger partial charge in [-0.3, -0.25) is 4.79 Å². The van der Waals surface area contributed by atoms with Crippen molar-refractivity contribution >= 4 is 18.3 Å². The van der Waals surface area contributed by atoms with E-state index in [4.69, 9.17) is 5.73 Å². The number of aryl methyl sites for hydroxylation is 1. The Kier molecular flexibility index (Phi) is 7.79. The molecule has 2 aromatic rings. The van der Waals surface area contributed by atoms with Gasteiger partial charge in [-0.25, -0.2) is 0 Å². The van der Waals surface area contributed by atoms with Gasteiger partial charge in [0.1, 0.15) is 0 Å². The minimum atomic E-state index is -0.289. The number of benzene rings is 2. The SMILES string of the molecule is CCc1ccccc1CNC(=O)C(C)C(N)c1ccccc1.Cl. The molecule has 0 saturated heterocycles. The standard InChI is InChI=1S/C19H24N2O.ClH/c1-3-15-9-7-8-12-17(15)13-21-19(22)14(2)18(20)16-10-5-4-6-11-16;/h4-12,14,18H,3,13,20H2,1-2H3,(H,21,22);1H. The topological polar surface area (TPSA) is 55.1 Å². The summed E-state index contributed by atoms with van der Waals surface area (Å²) in [5, 5.41) is 3.01. The lowest BCUT2D eigenvalue weighted by Crippen LogP contribution is -2.35. The zero-order chi connectivity index (χ0) is 15.9. The molecule has 1 amide bonds. The van der Waals surface area contributed by atoms with E-state index in [2.05, 4.69) is 24.4 Å². The Bertz CT molecular complexity index is 616. The van der Waals surface area contributed by atoms with Crippen LogP contribution in [0.2, 0.25) is 0 Å². The van der Waals surface area contributed by atoms with E-state index in [1.165, 1.54) is 11.1 Å². The lowest BCUT2D eigenvalue weighted by atomic mass is 9.94. The summed E-state index contributed by atoms with van der Waals surface area (Å²) in [7, 11) is 0. The number of hydrogen-bond donors (Lipinski definition) is 2. The van der Waals surface area contributed by atoms with Gasteiger partial charge in [0.25, 0.3) is 0 Å². The van der Waals surface area contributed by atoms with Crippen LogP contribution in [-0.2, 0) is 17.8 Å². The Balaban J connectivity index is 0.00000264. The first kappa shape index (κ1) is 19.2. The summed E-state index contributed by atoms with van der Waals surface area (Å²) in [5.41, 5.74) is 9.62. The monoisotopic (exact) mass is 332 g/mol. The van der Waals surface area contributed by atoms with Crippen LogP contribution in [-0.4, -0.2) is 5.91 Å². The van der Waals surface area contributed by atoms with Crippen LogP contribution in [0.1, 0.15) is 36.6 Å². The van der Waals surface area contributed by atoms with Gasteiger partial charge >= 0.3 is 0 Å². The Hall–Kier alpha value is -1.84. The highest BCUT2D eigenvalue weighted by Gasteiger charge is 2.21. The van der Waals surface area contributed by atoms with E-state index in [1.807, 2.05) is 49.4 Å². The van der Waals surface area contributed by atoms with Crippen molar-refractivity contribution in [2.24, 2.45) is 11.7 Å². The van der Waals surface area contributed by atoms with Crippen LogP contribution in [0.25, 0.3) is 0 Å². The number of carbonyl (C=O) groups is 1. The second kappa shape index (κ2) is 9.33. The number of carbonyl (C=O) groups excluding carboxylic acids is 1. The Labute approximate surface area is 144 Å². The van der Waals surface area contributed by atoms with Gasteiger partial charge in [-0.05, 0) is 23.1 Å². The van der Waals surface area contributed by atoms with Gasteiger partial charge in [0.15, 0.2) is 0 Å². The van der Waals surface area contributed by atoms with Crippen molar-refractivity contribution in [2.45, 2.75) is 32.9 Å². The summed E-state index contributed by atoms with van der Waals surface area (Å²) >= 11 is 0. The average Bonchev–Trinajstić information content (AvgIpc) is 2.59. The van der Waals surface area contributed by atoms with Crippen LogP contribution in [0.15, 0.2) is 54.6 Å². The van der Waals surface area contributed by atoms with Gasteiger partial charge in [0.2, 0.25) is 5.91 Å². The maximum atomic E-state index is 12.3. The van der Waals surface area contributed by atoms with Crippen molar-refractivity contribution in [3.8, 4) is 0 Å². The lowest BCUT2D eigenvalue weighted by molar-refractivity contribution is -0.125. The van der Waals surface area contributed by atoms with Gasteiger partial charge in [-0.15, -0.1) is 12.4 Å². The molecule has 2 unspecified atom stereocenters. The highest BCUT2D eigenvalue weighted by Crippen LogP contribution is 2.19. The Morgan fingerprint density at radius 1 is 1.04 bits per heavy atom. The fourth-order valence-electron chi connectivity index (χ4n) is 2.55. The number of rotatable bonds is 6. The van der Waals surface area contributed by atoms with Gasteiger partial charge in [-0.2, -0.15) is 0 Å². The molecule has 0 aliphatic rings. The third-order valence-corrected chi connectivity index (χ3v) is 4.09. The third kappa shape index (κ3) is 5.08. The van der Waals surface area contributed by atoms with Crippen molar-refractivity contribution in [2.75, 3.05) is 0 Å². The number of nitrogens with one attached hydrogen (secondary N) is 1. The summed E-state index contributed by atoms with van der Waals surface area (Å²) in [4.78, 5) is 12.3. The molecule has 0 fully saturated rings. The maximum absolute atomic E-state index is 12.3. The van der Waals surface area contributed by atoms with Crippen LogP contribution in [0.4, 0.5) is 0 Å². The molecular weight excluding hydrogens is 308 g/mol. The van der Waals surface area contributed by atoms with E-state index in [1.54, 1.807) is 0 Å². The summed E-state index contributed by atoms with van der Waals surface area (Å²) in [6.07, 6.45) is 0.963. The zero-order valence-corrected chi connectivity index (χ0v) is 14.5. The van der Waals surface area contributed by atoms with Gasteiger partial charge in [0.05, 0.1) is 5.92 Å². The number of nitrogens with two attached hydrogens (primary N) is 1. The second-order valence-electron chi connectivity index (χ2n) is 5.57. The van der Waals surface area contributed by atoms with Crippen LogP contribution < -0.4 is 11.1 Å². The number of halogens is 1. The second-order valence-corrected chi connectivity index (χ2v) is 5.57. The van der Waals surface area contributed by atoms with Gasteiger partial charge in [0, 0.05) is 12.6 Å². The molecule has 2 aromatic carbocycles. The van der Waals surface area contributed by atoms with E-state index in [9.17, 15) is 4.79 Å². The normalized spacial score (nSPS) is 12.8. The van der Waals surface area contributed by atoms with Crippen molar-refractivity contribution < 1.29 is 4.79 Å². The highest BCUT2D eigenvalue weighted by atomic mass is 35.5. The predicted molar refractivity (Wildman–Crippen MR) is 97.4 cm³/mol. The average molecular weight is 333 g/mol. The lowest BCUT2D eigenvalue weighted by Gasteiger charge is -2.20.